The molecule has 0 radical (unpaired) electrons. The van der Waals surface area contributed by atoms with Gasteiger partial charge in [-0.2, -0.15) is 13.2 Å². The molecule has 1 aromatic heterocycles. The van der Waals surface area contributed by atoms with E-state index in [-0.39, 0.29) is 17.2 Å². The summed E-state index contributed by atoms with van der Waals surface area (Å²) >= 11 is 0. The fourth-order valence-corrected chi connectivity index (χ4v) is 1.71. The number of benzene rings is 1. The summed E-state index contributed by atoms with van der Waals surface area (Å²) in [5.41, 5.74) is -0.586. The molecule has 0 aliphatic heterocycles. The number of nitrogens with zero attached hydrogens (tertiary/aromatic N) is 2. The van der Waals surface area contributed by atoms with E-state index in [2.05, 4.69) is 4.98 Å². The minimum absolute atomic E-state index is 0.189. The van der Waals surface area contributed by atoms with Crippen LogP contribution in [0.4, 0.5) is 13.2 Å². The van der Waals surface area contributed by atoms with Crippen LogP contribution >= 0.6 is 0 Å². The van der Waals surface area contributed by atoms with Gasteiger partial charge >= 0.3 is 6.18 Å². The number of carbonyl (C=O) groups excluding carboxylic acids is 1. The monoisotopic (exact) mass is 268 g/mol. The predicted octanol–water partition coefficient (Wildman–Crippen LogP) is 3.15. The number of alkyl halides is 3. The van der Waals surface area contributed by atoms with E-state index in [0.29, 0.717) is 6.54 Å². The van der Waals surface area contributed by atoms with Crippen LogP contribution < -0.4 is 0 Å². The average Bonchev–Trinajstić information content (AvgIpc) is 2.85. The third kappa shape index (κ3) is 2.67. The molecule has 0 spiro atoms. The number of carbonyl (C=O) groups is 1. The van der Waals surface area contributed by atoms with E-state index in [4.69, 9.17) is 0 Å². The Balaban J connectivity index is 2.30. The Morgan fingerprint density at radius 1 is 1.26 bits per heavy atom. The van der Waals surface area contributed by atoms with Crippen molar-refractivity contribution in [2.75, 3.05) is 0 Å². The highest BCUT2D eigenvalue weighted by Gasteiger charge is 2.30. The number of hydrogen-bond acceptors (Lipinski definition) is 2. The van der Waals surface area contributed by atoms with Crippen molar-refractivity contribution in [3.8, 4) is 0 Å². The second kappa shape index (κ2) is 4.87. The molecule has 1 heterocycles. The molecule has 0 saturated heterocycles. The van der Waals surface area contributed by atoms with E-state index in [1.165, 1.54) is 18.3 Å². The van der Waals surface area contributed by atoms with Crippen molar-refractivity contribution in [3.63, 3.8) is 0 Å². The Kier molecular flexibility index (Phi) is 3.42. The third-order valence-corrected chi connectivity index (χ3v) is 2.73. The molecule has 0 fully saturated rings. The fourth-order valence-electron chi connectivity index (χ4n) is 1.71. The molecular weight excluding hydrogens is 257 g/mol. The summed E-state index contributed by atoms with van der Waals surface area (Å²) < 4.78 is 38.9. The first-order chi connectivity index (χ1) is 8.93. The SMILES string of the molecule is CCn1ccnc1C(=O)c1ccc(C(F)(F)F)cc1. The van der Waals surface area contributed by atoms with Crippen LogP contribution in [-0.4, -0.2) is 15.3 Å². The van der Waals surface area contributed by atoms with Gasteiger partial charge in [0.05, 0.1) is 5.56 Å². The van der Waals surface area contributed by atoms with Crippen molar-refractivity contribution in [3.05, 3.63) is 53.6 Å². The van der Waals surface area contributed by atoms with Crippen LogP contribution in [0.25, 0.3) is 0 Å². The van der Waals surface area contributed by atoms with Crippen LogP contribution in [0.1, 0.15) is 28.7 Å². The van der Waals surface area contributed by atoms with Gasteiger partial charge in [-0.15, -0.1) is 0 Å². The van der Waals surface area contributed by atoms with E-state index in [0.717, 1.165) is 12.1 Å². The van der Waals surface area contributed by atoms with Gasteiger partial charge in [0.25, 0.3) is 0 Å². The number of aromatic nitrogens is 2. The molecule has 6 heteroatoms. The first kappa shape index (κ1) is 13.3. The molecule has 1 aromatic carbocycles. The molecule has 0 N–H and O–H groups in total. The molecule has 3 nitrogen and oxygen atoms in total. The van der Waals surface area contributed by atoms with Crippen molar-refractivity contribution in [1.82, 2.24) is 9.55 Å². The molecule has 0 bridgehead atoms. The average molecular weight is 268 g/mol. The fraction of sp³-hybridized carbons (Fsp3) is 0.231. The Labute approximate surface area is 107 Å². The van der Waals surface area contributed by atoms with Gasteiger partial charge in [0.2, 0.25) is 5.78 Å². The van der Waals surface area contributed by atoms with Gasteiger partial charge < -0.3 is 4.57 Å². The normalized spacial score (nSPS) is 11.6. The minimum atomic E-state index is -4.40. The van der Waals surface area contributed by atoms with Gasteiger partial charge in [0.15, 0.2) is 5.82 Å². The minimum Gasteiger partial charge on any atom is -0.328 e. The summed E-state index contributed by atoms with van der Waals surface area (Å²) in [6.07, 6.45) is -1.26. The van der Waals surface area contributed by atoms with Crippen LogP contribution in [0.3, 0.4) is 0 Å². The first-order valence-electron chi connectivity index (χ1n) is 5.66. The van der Waals surface area contributed by atoms with E-state index in [1.54, 1.807) is 10.8 Å². The van der Waals surface area contributed by atoms with Crippen LogP contribution in [-0.2, 0) is 12.7 Å². The van der Waals surface area contributed by atoms with Crippen LogP contribution in [0.5, 0.6) is 0 Å². The van der Waals surface area contributed by atoms with Gasteiger partial charge in [-0.05, 0) is 19.1 Å². The number of hydrogen-bond donors (Lipinski definition) is 0. The molecular formula is C13H11F3N2O. The predicted molar refractivity (Wildman–Crippen MR) is 62.8 cm³/mol. The highest BCUT2D eigenvalue weighted by molar-refractivity contribution is 6.06. The molecule has 19 heavy (non-hydrogen) atoms. The van der Waals surface area contributed by atoms with E-state index >= 15 is 0 Å². The number of imidazole rings is 1. The van der Waals surface area contributed by atoms with Crippen molar-refractivity contribution >= 4 is 5.78 Å². The molecule has 2 rings (SSSR count). The zero-order chi connectivity index (χ0) is 14.0. The maximum atomic E-state index is 12.4. The standard InChI is InChI=1S/C13H11F3N2O/c1-2-18-8-7-17-12(18)11(19)9-3-5-10(6-4-9)13(14,15)16/h3-8H,2H2,1H3. The first-order valence-corrected chi connectivity index (χ1v) is 5.66. The van der Waals surface area contributed by atoms with E-state index < -0.39 is 11.7 Å². The van der Waals surface area contributed by atoms with Crippen LogP contribution in [0.2, 0.25) is 0 Å². The lowest BCUT2D eigenvalue weighted by atomic mass is 10.1. The Morgan fingerprint density at radius 3 is 2.42 bits per heavy atom. The molecule has 0 saturated carbocycles. The molecule has 0 aliphatic carbocycles. The van der Waals surface area contributed by atoms with Gasteiger partial charge in [0.1, 0.15) is 0 Å². The highest BCUT2D eigenvalue weighted by atomic mass is 19.4. The molecule has 0 atom stereocenters. The van der Waals surface area contributed by atoms with Crippen LogP contribution in [0.15, 0.2) is 36.7 Å². The summed E-state index contributed by atoms with van der Waals surface area (Å²) in [6.45, 7) is 2.42. The lowest BCUT2D eigenvalue weighted by Gasteiger charge is -2.07. The second-order valence-corrected chi connectivity index (χ2v) is 3.94. The molecule has 0 unspecified atom stereocenters. The summed E-state index contributed by atoms with van der Waals surface area (Å²) in [4.78, 5) is 16.0. The number of aryl methyl sites for hydroxylation is 1. The number of halogens is 3. The van der Waals surface area contributed by atoms with E-state index in [1.807, 2.05) is 6.92 Å². The summed E-state index contributed by atoms with van der Waals surface area (Å²) in [5, 5.41) is 0. The zero-order valence-electron chi connectivity index (χ0n) is 10.1. The van der Waals surface area contributed by atoms with Crippen LogP contribution in [0, 0.1) is 0 Å². The largest absolute Gasteiger partial charge is 0.416 e. The van der Waals surface area contributed by atoms with Crippen molar-refractivity contribution in [2.45, 2.75) is 19.6 Å². The van der Waals surface area contributed by atoms with Crippen molar-refractivity contribution < 1.29 is 18.0 Å². The molecule has 2 aromatic rings. The smallest absolute Gasteiger partial charge is 0.328 e. The summed E-state index contributed by atoms with van der Waals surface area (Å²) in [6, 6.07) is 4.12. The number of rotatable bonds is 3. The molecule has 0 aliphatic rings. The topological polar surface area (TPSA) is 34.9 Å². The van der Waals surface area contributed by atoms with Gasteiger partial charge in [-0.3, -0.25) is 4.79 Å². The summed E-state index contributed by atoms with van der Waals surface area (Å²) in [7, 11) is 0. The quantitative estimate of drug-likeness (QED) is 0.801. The third-order valence-electron chi connectivity index (χ3n) is 2.73. The summed E-state index contributed by atoms with van der Waals surface area (Å²) in [5.74, 6) is -0.164. The molecule has 100 valence electrons. The Morgan fingerprint density at radius 2 is 1.89 bits per heavy atom. The second-order valence-electron chi connectivity index (χ2n) is 3.94. The van der Waals surface area contributed by atoms with Crippen molar-refractivity contribution in [2.24, 2.45) is 0 Å². The van der Waals surface area contributed by atoms with Crippen molar-refractivity contribution in [1.29, 1.82) is 0 Å². The maximum absolute atomic E-state index is 12.4. The van der Waals surface area contributed by atoms with Gasteiger partial charge in [-0.1, -0.05) is 12.1 Å². The van der Waals surface area contributed by atoms with Gasteiger partial charge in [0, 0.05) is 24.5 Å². The lowest BCUT2D eigenvalue weighted by molar-refractivity contribution is -0.137. The zero-order valence-corrected chi connectivity index (χ0v) is 10.1. The molecule has 0 amide bonds. The van der Waals surface area contributed by atoms with Gasteiger partial charge in [-0.25, -0.2) is 4.98 Å². The highest BCUT2D eigenvalue weighted by Crippen LogP contribution is 2.29. The Bertz CT molecular complexity index is 585. The van der Waals surface area contributed by atoms with E-state index in [9.17, 15) is 18.0 Å². The number of ketones is 1. The Hall–Kier alpha value is -2.11. The maximum Gasteiger partial charge on any atom is 0.416 e. The lowest BCUT2D eigenvalue weighted by Crippen LogP contribution is -2.11.